The molecular weight excluding hydrogens is 2310 g/mol. The van der Waals surface area contributed by atoms with Crippen LogP contribution in [0.2, 0.25) is 0 Å². The fourth-order valence-corrected chi connectivity index (χ4v) is 46.5. The summed E-state index contributed by atoms with van der Waals surface area (Å²) in [6.45, 7) is 0. The third-order valence-corrected chi connectivity index (χ3v) is 21.0. The van der Waals surface area contributed by atoms with Crippen molar-refractivity contribution in [1.29, 1.82) is 0 Å². The molecule has 0 aromatic heterocycles. The Balaban J connectivity index is 10.1. The van der Waals surface area contributed by atoms with Gasteiger partial charge in [-0.2, -0.15) is 0 Å². The van der Waals surface area contributed by atoms with E-state index in [2.05, 4.69) is 430 Å². The Morgan fingerprint density at radius 3 is 0.300 bits per heavy atom. The Hall–Kier alpha value is 13.0. The van der Waals surface area contributed by atoms with Crippen LogP contribution >= 0.6 is 430 Å². The van der Waals surface area contributed by atoms with Gasteiger partial charge in [-0.15, -0.1) is 0 Å². The van der Waals surface area contributed by atoms with Crippen LogP contribution in [0.4, 0.5) is 0 Å². The summed E-state index contributed by atoms with van der Waals surface area (Å²) < 4.78 is -11.1. The fraction of sp³-hybridized carbons (Fsp3) is 0.923. The lowest BCUT2D eigenvalue weighted by Gasteiger charge is -2.72. The molecule has 0 saturated heterocycles. The van der Waals surface area contributed by atoms with Gasteiger partial charge >= 0.3 is 0 Å². The molecule has 0 saturated carbocycles. The molecule has 0 aliphatic rings. The number of alkyl halides is 27. The zero-order valence-electron chi connectivity index (χ0n) is 16.7. The molecular formula is C13Br27. The predicted octanol–water partition coefficient (Wildman–Crippen LogP) is 21.1. The van der Waals surface area contributed by atoms with E-state index in [-0.39, 0.29) is 0 Å². The first-order chi connectivity index (χ1) is 16.6. The van der Waals surface area contributed by atoms with Crippen molar-refractivity contribution in [1.82, 2.24) is 0 Å². The SMILES string of the molecule is BrC(Br)(Br)C([C](C(C(Br)(Br)Br)(C(Br)(Br)Br)C(Br)(Br)Br)C(C(Br)(Br)Br)(C(Br)(Br)Br)C(Br)(Br)Br)(C(Br)(Br)Br)C(Br)(Br)Br. The average Bonchev–Trinajstić information content (AvgIpc) is 2.41. The summed E-state index contributed by atoms with van der Waals surface area (Å²) in [6.07, 6.45) is 0. The lowest BCUT2D eigenvalue weighted by molar-refractivity contribution is 0.138. The summed E-state index contributed by atoms with van der Waals surface area (Å²) in [5.41, 5.74) is -4.30. The molecule has 1 radical (unpaired) electrons. The first-order valence-corrected chi connectivity index (χ1v) is 29.5. The maximum Gasteiger partial charge on any atom is 0.147 e. The molecule has 0 amide bonds. The summed E-state index contributed by atoms with van der Waals surface area (Å²) in [7, 11) is 0. The van der Waals surface area contributed by atoms with Gasteiger partial charge in [-0.05, 0) is 0 Å². The minimum absolute atomic E-state index is 0.568. The molecule has 0 atom stereocenters. The van der Waals surface area contributed by atoms with E-state index < -0.39 is 35.5 Å². The van der Waals surface area contributed by atoms with E-state index in [0.717, 1.165) is 0 Å². The van der Waals surface area contributed by atoms with Crippen molar-refractivity contribution < 1.29 is 0 Å². The Morgan fingerprint density at radius 1 is 0.175 bits per heavy atom. The first kappa shape index (κ1) is 53.0. The van der Waals surface area contributed by atoms with Crippen LogP contribution in [0, 0.1) is 22.2 Å². The van der Waals surface area contributed by atoms with Gasteiger partial charge in [-0.1, -0.05) is 430 Å². The van der Waals surface area contributed by atoms with Crippen LogP contribution in [0.3, 0.4) is 0 Å². The largest absolute Gasteiger partial charge is 0.147 e. The normalized spacial score (nSPS) is 17.1. The van der Waals surface area contributed by atoms with E-state index in [9.17, 15) is 0 Å². The highest BCUT2D eigenvalue weighted by Gasteiger charge is 2.90. The van der Waals surface area contributed by atoms with E-state index in [1.54, 1.807) is 0 Å². The molecule has 0 heterocycles. The summed E-state index contributed by atoms with van der Waals surface area (Å²) >= 11 is 106. The van der Waals surface area contributed by atoms with Gasteiger partial charge in [0.05, 0.1) is 16.2 Å². The van der Waals surface area contributed by atoms with Crippen molar-refractivity contribution >= 4 is 430 Å². The molecule has 0 aromatic rings. The zero-order valence-corrected chi connectivity index (χ0v) is 59.5. The highest BCUT2D eigenvalue weighted by molar-refractivity contribution is 9.44. The number of rotatable bonds is 3. The maximum absolute atomic E-state index is 3.92. The minimum Gasteiger partial charge on any atom is -0.0590 e. The van der Waals surface area contributed by atoms with Crippen molar-refractivity contribution in [3.63, 3.8) is 0 Å². The topological polar surface area (TPSA) is 0 Å². The Kier molecular flexibility index (Phi) is 23.1. The van der Waals surface area contributed by atoms with E-state index in [4.69, 9.17) is 0 Å². The second kappa shape index (κ2) is 17.4. The third-order valence-electron chi connectivity index (χ3n) is 4.95. The summed E-state index contributed by atoms with van der Waals surface area (Å²) in [5.74, 6) is 0.568. The first-order valence-electron chi connectivity index (χ1n) is 8.10. The smallest absolute Gasteiger partial charge is 0.0590 e. The van der Waals surface area contributed by atoms with Gasteiger partial charge in [-0.25, -0.2) is 0 Å². The number of hydrogen-bond acceptors (Lipinski definition) is 0. The highest BCUT2D eigenvalue weighted by Crippen LogP contribution is 2.92. The average molecular weight is 2310 g/mol. The van der Waals surface area contributed by atoms with Crippen LogP contribution in [0.5, 0.6) is 0 Å². The van der Waals surface area contributed by atoms with Gasteiger partial charge in [0, 0.05) is 5.92 Å². The van der Waals surface area contributed by atoms with E-state index in [1.807, 2.05) is 0 Å². The van der Waals surface area contributed by atoms with Crippen LogP contribution in [-0.4, -0.2) is 19.3 Å². The van der Waals surface area contributed by atoms with Crippen LogP contribution in [0.1, 0.15) is 0 Å². The lowest BCUT2D eigenvalue weighted by Crippen LogP contribution is -2.77. The molecule has 27 heteroatoms. The Bertz CT molecular complexity index is 652. The summed E-state index contributed by atoms with van der Waals surface area (Å²) in [6, 6.07) is 0. The molecule has 0 N–H and O–H groups in total. The highest BCUT2D eigenvalue weighted by atomic mass is 80.0. The van der Waals surface area contributed by atoms with Crippen molar-refractivity contribution in [3.8, 4) is 0 Å². The molecule has 0 fully saturated rings. The molecule has 0 aliphatic heterocycles. The summed E-state index contributed by atoms with van der Waals surface area (Å²) in [4.78, 5) is 0. The van der Waals surface area contributed by atoms with Crippen molar-refractivity contribution in [2.75, 3.05) is 0 Å². The molecule has 0 unspecified atom stereocenters. The number of hydrogen-bond donors (Lipinski definition) is 0. The molecule has 0 rings (SSSR count). The van der Waals surface area contributed by atoms with Gasteiger partial charge in [0.1, 0.15) is 19.3 Å². The minimum atomic E-state index is -1.43. The predicted molar refractivity (Wildman–Crippen MR) is 276 cm³/mol. The molecule has 0 spiro atoms. The van der Waals surface area contributed by atoms with E-state index >= 15 is 0 Å². The van der Waals surface area contributed by atoms with E-state index in [0.29, 0.717) is 5.92 Å². The fourth-order valence-electron chi connectivity index (χ4n) is 3.57. The summed E-state index contributed by atoms with van der Waals surface area (Å²) in [5, 5.41) is 0. The molecule has 40 heavy (non-hydrogen) atoms. The molecule has 0 nitrogen and oxygen atoms in total. The van der Waals surface area contributed by atoms with E-state index in [1.165, 1.54) is 0 Å². The molecule has 0 aromatic carbocycles. The maximum atomic E-state index is 3.92. The number of halogens is 27. The molecule has 0 bridgehead atoms. The van der Waals surface area contributed by atoms with Crippen LogP contribution in [0.15, 0.2) is 0 Å². The van der Waals surface area contributed by atoms with Gasteiger partial charge in [-0.3, -0.25) is 0 Å². The lowest BCUT2D eigenvalue weighted by atomic mass is 9.55. The Labute approximate surface area is 460 Å². The Morgan fingerprint density at radius 2 is 0.250 bits per heavy atom. The monoisotopic (exact) mass is 2290 g/mol. The molecule has 0 aliphatic carbocycles. The van der Waals surface area contributed by atoms with Crippen molar-refractivity contribution in [2.24, 2.45) is 16.2 Å². The standard InChI is InChI=1S/C13Br27/c14-5(15,16)2(6(17,18)19,7(20,21)22)1(3(8(23,24)25,9(26,27)28)10(29,30)31)4(11(32,33)34,12(35,36)37)13(38,39)40. The van der Waals surface area contributed by atoms with Gasteiger partial charge in [0.25, 0.3) is 0 Å². The van der Waals surface area contributed by atoms with Crippen molar-refractivity contribution in [3.05, 3.63) is 5.92 Å². The second-order valence-electron chi connectivity index (χ2n) is 7.10. The van der Waals surface area contributed by atoms with Crippen LogP contribution in [-0.2, 0) is 0 Å². The zero-order chi connectivity index (χ0) is 33.6. The van der Waals surface area contributed by atoms with Crippen LogP contribution < -0.4 is 0 Å². The third kappa shape index (κ3) is 10.1. The quantitative estimate of drug-likeness (QED) is 0.247. The van der Waals surface area contributed by atoms with Gasteiger partial charge in [0.15, 0.2) is 0 Å². The van der Waals surface area contributed by atoms with Crippen LogP contribution in [0.25, 0.3) is 0 Å². The second-order valence-corrected chi connectivity index (χ2v) is 68.0. The molecule has 241 valence electrons. The van der Waals surface area contributed by atoms with Gasteiger partial charge < -0.3 is 0 Å². The van der Waals surface area contributed by atoms with Crippen molar-refractivity contribution in [2.45, 2.75) is 19.3 Å². The van der Waals surface area contributed by atoms with Gasteiger partial charge in [0.2, 0.25) is 0 Å².